The van der Waals surface area contributed by atoms with Gasteiger partial charge in [-0.15, -0.1) is 11.3 Å². The van der Waals surface area contributed by atoms with Crippen LogP contribution in [0.5, 0.6) is 0 Å². The van der Waals surface area contributed by atoms with E-state index in [2.05, 4.69) is 10.4 Å². The summed E-state index contributed by atoms with van der Waals surface area (Å²) in [6.07, 6.45) is -1.59. The zero-order valence-corrected chi connectivity index (χ0v) is 17.1. The lowest BCUT2D eigenvalue weighted by Crippen LogP contribution is -2.38. The third-order valence-corrected chi connectivity index (χ3v) is 6.81. The maximum absolute atomic E-state index is 13.8. The Labute approximate surface area is 171 Å². The molecule has 2 atom stereocenters. The third-order valence-electron chi connectivity index (χ3n) is 5.83. The van der Waals surface area contributed by atoms with Crippen molar-refractivity contribution in [1.82, 2.24) is 14.7 Å². The standard InChI is InChI=1S/C20H25F3N4OS/c1-2-4-19(28)26-8-6-13(7-9-26)14-12-18-24-15(16-5-3-10-29-16)11-17(20(21,22)23)27(18)25-14/h3,5,10,12-13,15,17,24H,2,4,6-9,11H2,1H3/t15-,17+/m0/s1. The number of thiophene rings is 1. The quantitative estimate of drug-likeness (QED) is 0.739. The van der Waals surface area contributed by atoms with Crippen LogP contribution in [0.3, 0.4) is 0 Å². The minimum atomic E-state index is -4.36. The van der Waals surface area contributed by atoms with Gasteiger partial charge in [-0.05, 0) is 30.7 Å². The molecule has 0 radical (unpaired) electrons. The molecule has 2 aliphatic heterocycles. The number of nitrogens with one attached hydrogen (secondary N) is 1. The zero-order valence-electron chi connectivity index (χ0n) is 16.3. The van der Waals surface area contributed by atoms with Gasteiger partial charge in [0.1, 0.15) is 5.82 Å². The molecule has 2 aliphatic rings. The van der Waals surface area contributed by atoms with Crippen LogP contribution in [0.1, 0.15) is 67.6 Å². The minimum Gasteiger partial charge on any atom is -0.363 e. The minimum absolute atomic E-state index is 0.0674. The first kappa shape index (κ1) is 20.3. The van der Waals surface area contributed by atoms with E-state index in [1.807, 2.05) is 29.3 Å². The van der Waals surface area contributed by atoms with Crippen LogP contribution in [0.15, 0.2) is 23.6 Å². The molecule has 0 bridgehead atoms. The van der Waals surface area contributed by atoms with Gasteiger partial charge < -0.3 is 10.2 Å². The molecule has 0 unspecified atom stereocenters. The van der Waals surface area contributed by atoms with Crippen molar-refractivity contribution in [1.29, 1.82) is 0 Å². The average molecular weight is 427 g/mol. The van der Waals surface area contributed by atoms with Crippen molar-refractivity contribution < 1.29 is 18.0 Å². The number of halogens is 3. The van der Waals surface area contributed by atoms with Crippen LogP contribution in [0.4, 0.5) is 19.0 Å². The number of aromatic nitrogens is 2. The van der Waals surface area contributed by atoms with E-state index in [9.17, 15) is 18.0 Å². The molecule has 29 heavy (non-hydrogen) atoms. The first-order valence-corrected chi connectivity index (χ1v) is 11.0. The fraction of sp³-hybridized carbons (Fsp3) is 0.600. The third kappa shape index (κ3) is 4.15. The van der Waals surface area contributed by atoms with Crippen molar-refractivity contribution in [3.05, 3.63) is 34.2 Å². The molecule has 0 aromatic carbocycles. The molecular formula is C20H25F3N4OS. The van der Waals surface area contributed by atoms with Crippen molar-refractivity contribution in [2.24, 2.45) is 0 Å². The predicted octanol–water partition coefficient (Wildman–Crippen LogP) is 5.11. The topological polar surface area (TPSA) is 50.2 Å². The van der Waals surface area contributed by atoms with Crippen molar-refractivity contribution in [3.8, 4) is 0 Å². The lowest BCUT2D eigenvalue weighted by molar-refractivity contribution is -0.173. The van der Waals surface area contributed by atoms with E-state index in [1.165, 1.54) is 11.3 Å². The summed E-state index contributed by atoms with van der Waals surface area (Å²) in [6.45, 7) is 3.26. The molecule has 0 saturated carbocycles. The summed E-state index contributed by atoms with van der Waals surface area (Å²) in [5.41, 5.74) is 0.691. The Morgan fingerprint density at radius 1 is 1.34 bits per heavy atom. The van der Waals surface area contributed by atoms with Gasteiger partial charge in [-0.25, -0.2) is 4.68 Å². The highest BCUT2D eigenvalue weighted by Crippen LogP contribution is 2.45. The number of rotatable bonds is 4. The molecule has 2 aromatic rings. The molecule has 2 aromatic heterocycles. The number of carbonyl (C=O) groups is 1. The van der Waals surface area contributed by atoms with Crippen LogP contribution in [0, 0.1) is 0 Å². The largest absolute Gasteiger partial charge is 0.410 e. The number of hydrogen-bond donors (Lipinski definition) is 1. The van der Waals surface area contributed by atoms with E-state index in [4.69, 9.17) is 0 Å². The van der Waals surface area contributed by atoms with Gasteiger partial charge in [-0.2, -0.15) is 18.3 Å². The molecule has 5 nitrogen and oxygen atoms in total. The second-order valence-corrected chi connectivity index (χ2v) is 8.79. The van der Waals surface area contributed by atoms with Crippen LogP contribution in [0.2, 0.25) is 0 Å². The Morgan fingerprint density at radius 2 is 2.10 bits per heavy atom. The van der Waals surface area contributed by atoms with Crippen LogP contribution in [0.25, 0.3) is 0 Å². The van der Waals surface area contributed by atoms with E-state index in [1.54, 1.807) is 6.07 Å². The Bertz CT molecular complexity index is 841. The average Bonchev–Trinajstić information content (AvgIpc) is 3.36. The maximum atomic E-state index is 13.8. The second kappa shape index (κ2) is 8.01. The van der Waals surface area contributed by atoms with Crippen LogP contribution < -0.4 is 5.32 Å². The lowest BCUT2D eigenvalue weighted by atomic mass is 9.93. The monoisotopic (exact) mass is 426 g/mol. The van der Waals surface area contributed by atoms with Gasteiger partial charge in [0.15, 0.2) is 6.04 Å². The van der Waals surface area contributed by atoms with Gasteiger partial charge in [0.05, 0.1) is 11.7 Å². The first-order valence-electron chi connectivity index (χ1n) is 10.1. The van der Waals surface area contributed by atoms with Gasteiger partial charge in [0, 0.05) is 42.8 Å². The molecule has 158 valence electrons. The maximum Gasteiger partial charge on any atom is 0.410 e. The summed E-state index contributed by atoms with van der Waals surface area (Å²) in [5.74, 6) is 0.666. The Hall–Kier alpha value is -2.03. The fourth-order valence-corrected chi connectivity index (χ4v) is 5.06. The Morgan fingerprint density at radius 3 is 2.72 bits per heavy atom. The molecule has 1 N–H and O–H groups in total. The lowest BCUT2D eigenvalue weighted by Gasteiger charge is -2.33. The van der Waals surface area contributed by atoms with Gasteiger partial charge in [-0.3, -0.25) is 4.79 Å². The number of carbonyl (C=O) groups excluding carboxylic acids is 1. The number of alkyl halides is 3. The Balaban J connectivity index is 1.53. The van der Waals surface area contributed by atoms with E-state index < -0.39 is 12.2 Å². The second-order valence-electron chi connectivity index (χ2n) is 7.81. The summed E-state index contributed by atoms with van der Waals surface area (Å²) in [7, 11) is 0. The smallest absolute Gasteiger partial charge is 0.363 e. The van der Waals surface area contributed by atoms with Crippen molar-refractivity contribution in [3.63, 3.8) is 0 Å². The molecule has 4 heterocycles. The van der Waals surface area contributed by atoms with Gasteiger partial charge in [0.25, 0.3) is 0 Å². The SMILES string of the molecule is CCCC(=O)N1CCC(c2cc3n(n2)[C@@H](C(F)(F)F)C[C@@H](c2cccs2)N3)CC1. The number of anilines is 1. The van der Waals surface area contributed by atoms with Crippen LogP contribution in [-0.4, -0.2) is 39.9 Å². The van der Waals surface area contributed by atoms with Crippen LogP contribution >= 0.6 is 11.3 Å². The summed E-state index contributed by atoms with van der Waals surface area (Å²) in [5, 5.41) is 9.51. The van der Waals surface area contributed by atoms with Crippen molar-refractivity contribution in [2.75, 3.05) is 18.4 Å². The highest BCUT2D eigenvalue weighted by Gasteiger charge is 2.47. The van der Waals surface area contributed by atoms with E-state index in [-0.39, 0.29) is 24.3 Å². The molecular weight excluding hydrogens is 401 g/mol. The fourth-order valence-electron chi connectivity index (χ4n) is 4.26. The van der Waals surface area contributed by atoms with Gasteiger partial charge in [0.2, 0.25) is 5.91 Å². The van der Waals surface area contributed by atoms with Gasteiger partial charge in [-0.1, -0.05) is 13.0 Å². The normalized spacial score (nSPS) is 23.0. The zero-order chi connectivity index (χ0) is 20.6. The number of nitrogens with zero attached hydrogens (tertiary/aromatic N) is 3. The molecule has 0 aliphatic carbocycles. The molecule has 1 amide bonds. The van der Waals surface area contributed by atoms with E-state index in [0.29, 0.717) is 31.0 Å². The highest BCUT2D eigenvalue weighted by molar-refractivity contribution is 7.10. The number of likely N-dealkylation sites (tertiary alicyclic amines) is 1. The molecule has 9 heteroatoms. The molecule has 4 rings (SSSR count). The highest BCUT2D eigenvalue weighted by atomic mass is 32.1. The van der Waals surface area contributed by atoms with E-state index >= 15 is 0 Å². The number of piperidine rings is 1. The number of fused-ring (bicyclic) bond motifs is 1. The first-order chi connectivity index (χ1) is 13.9. The summed E-state index contributed by atoms with van der Waals surface area (Å²) in [6, 6.07) is 3.49. The predicted molar refractivity (Wildman–Crippen MR) is 106 cm³/mol. The van der Waals surface area contributed by atoms with Gasteiger partial charge >= 0.3 is 6.18 Å². The summed E-state index contributed by atoms with van der Waals surface area (Å²) < 4.78 is 42.4. The summed E-state index contributed by atoms with van der Waals surface area (Å²) in [4.78, 5) is 14.8. The number of amides is 1. The van der Waals surface area contributed by atoms with Crippen molar-refractivity contribution in [2.45, 2.75) is 63.2 Å². The summed E-state index contributed by atoms with van der Waals surface area (Å²) >= 11 is 1.46. The molecule has 1 fully saturated rings. The van der Waals surface area contributed by atoms with Crippen molar-refractivity contribution >= 4 is 23.1 Å². The van der Waals surface area contributed by atoms with Crippen LogP contribution in [-0.2, 0) is 4.79 Å². The number of hydrogen-bond acceptors (Lipinski definition) is 4. The molecule has 0 spiro atoms. The molecule has 1 saturated heterocycles. The van der Waals surface area contributed by atoms with E-state index in [0.717, 1.165) is 28.8 Å². The Kier molecular flexibility index (Phi) is 5.59.